The fourth-order valence-corrected chi connectivity index (χ4v) is 2.16. The fraction of sp³-hybridized carbons (Fsp3) is 0.333. The van der Waals surface area contributed by atoms with E-state index in [1.807, 2.05) is 25.1 Å². The summed E-state index contributed by atoms with van der Waals surface area (Å²) in [6.45, 7) is 3.88. The number of carbonyl (C=O) groups is 1. The van der Waals surface area contributed by atoms with E-state index in [0.29, 0.717) is 22.9 Å². The lowest BCUT2D eigenvalue weighted by atomic mass is 9.95. The van der Waals surface area contributed by atoms with Gasteiger partial charge in [0.2, 0.25) is 0 Å². The second kappa shape index (κ2) is 6.28. The van der Waals surface area contributed by atoms with E-state index in [2.05, 4.69) is 10.5 Å². The zero-order valence-electron chi connectivity index (χ0n) is 12.1. The van der Waals surface area contributed by atoms with Gasteiger partial charge in [0.1, 0.15) is 16.9 Å². The van der Waals surface area contributed by atoms with Crippen LogP contribution in [0.25, 0.3) is 0 Å². The van der Waals surface area contributed by atoms with Crippen LogP contribution in [0.4, 0.5) is 0 Å². The highest BCUT2D eigenvalue weighted by molar-refractivity contribution is 6.30. The van der Waals surface area contributed by atoms with Gasteiger partial charge in [-0.3, -0.25) is 4.79 Å². The average molecular weight is 309 g/mol. The smallest absolute Gasteiger partial charge is 0.256 e. The minimum Gasteiger partial charge on any atom is -0.372 e. The van der Waals surface area contributed by atoms with Crippen molar-refractivity contribution in [1.82, 2.24) is 10.5 Å². The third-order valence-electron chi connectivity index (χ3n) is 3.47. The number of amides is 1. The molecule has 0 aliphatic carbocycles. The van der Waals surface area contributed by atoms with Crippen molar-refractivity contribution in [3.63, 3.8) is 0 Å². The van der Waals surface area contributed by atoms with Gasteiger partial charge in [0.15, 0.2) is 0 Å². The molecule has 2 aromatic rings. The van der Waals surface area contributed by atoms with Crippen LogP contribution in [0.3, 0.4) is 0 Å². The average Bonchev–Trinajstić information content (AvgIpc) is 2.90. The molecule has 112 valence electrons. The molecule has 1 amide bonds. The van der Waals surface area contributed by atoms with Crippen LogP contribution < -0.4 is 5.32 Å². The van der Waals surface area contributed by atoms with Gasteiger partial charge in [0, 0.05) is 12.1 Å². The number of hydrogen-bond donors (Lipinski definition) is 1. The summed E-state index contributed by atoms with van der Waals surface area (Å²) in [5.41, 5.74) is 0.630. The molecule has 0 fully saturated rings. The van der Waals surface area contributed by atoms with Crippen molar-refractivity contribution in [3.8, 4) is 0 Å². The lowest BCUT2D eigenvalue weighted by Gasteiger charge is -2.29. The first-order chi connectivity index (χ1) is 9.96. The highest BCUT2D eigenvalue weighted by atomic mass is 35.5. The highest BCUT2D eigenvalue weighted by Gasteiger charge is 2.27. The molecular formula is C15H17ClN2O3. The first kappa shape index (κ1) is 15.5. The summed E-state index contributed by atoms with van der Waals surface area (Å²) in [5.74, 6) is 0.230. The number of ether oxygens (including phenoxy) is 1. The topological polar surface area (TPSA) is 64.4 Å². The molecule has 0 saturated carbocycles. The van der Waals surface area contributed by atoms with Crippen LogP contribution in [0.1, 0.15) is 28.6 Å². The Morgan fingerprint density at radius 1 is 1.52 bits per heavy atom. The Hall–Kier alpha value is -1.85. The molecule has 6 heteroatoms. The van der Waals surface area contributed by atoms with E-state index in [4.69, 9.17) is 20.9 Å². The van der Waals surface area contributed by atoms with Gasteiger partial charge in [-0.1, -0.05) is 28.9 Å². The lowest BCUT2D eigenvalue weighted by Crippen LogP contribution is -2.40. The summed E-state index contributed by atoms with van der Waals surface area (Å²) in [6, 6.07) is 7.37. The van der Waals surface area contributed by atoms with E-state index in [1.165, 1.54) is 6.20 Å². The molecule has 1 aromatic carbocycles. The summed E-state index contributed by atoms with van der Waals surface area (Å²) in [6.07, 6.45) is 1.40. The van der Waals surface area contributed by atoms with Gasteiger partial charge in [-0.05, 0) is 31.5 Å². The van der Waals surface area contributed by atoms with Crippen molar-refractivity contribution in [1.29, 1.82) is 0 Å². The molecule has 21 heavy (non-hydrogen) atoms. The standard InChI is InChI=1S/C15H17ClN2O3/c1-10-13(8-18-21-10)14(19)17-9-15(2,20-3)11-5-4-6-12(16)7-11/h4-8H,9H2,1-3H3,(H,17,19). The van der Waals surface area contributed by atoms with Gasteiger partial charge in [0.25, 0.3) is 5.91 Å². The molecule has 0 aliphatic heterocycles. The zero-order chi connectivity index (χ0) is 15.5. The molecule has 0 saturated heterocycles. The summed E-state index contributed by atoms with van der Waals surface area (Å²) in [5, 5.41) is 7.04. The van der Waals surface area contributed by atoms with E-state index in [9.17, 15) is 4.79 Å². The van der Waals surface area contributed by atoms with Gasteiger partial charge in [0.05, 0.1) is 12.7 Å². The molecular weight excluding hydrogens is 292 g/mol. The maximum atomic E-state index is 12.1. The van der Waals surface area contributed by atoms with E-state index < -0.39 is 5.60 Å². The predicted octanol–water partition coefficient (Wildman–Crippen LogP) is 2.93. The molecule has 1 N–H and O–H groups in total. The molecule has 0 radical (unpaired) electrons. The Labute approximate surface area is 128 Å². The third-order valence-corrected chi connectivity index (χ3v) is 3.70. The summed E-state index contributed by atoms with van der Waals surface area (Å²) in [4.78, 5) is 12.1. The Morgan fingerprint density at radius 2 is 2.29 bits per heavy atom. The second-order valence-corrected chi connectivity index (χ2v) is 5.36. The molecule has 1 heterocycles. The maximum absolute atomic E-state index is 12.1. The number of aromatic nitrogens is 1. The van der Waals surface area contributed by atoms with Crippen molar-refractivity contribution >= 4 is 17.5 Å². The fourth-order valence-electron chi connectivity index (χ4n) is 1.97. The van der Waals surface area contributed by atoms with Crippen LogP contribution in [-0.4, -0.2) is 24.7 Å². The van der Waals surface area contributed by atoms with Crippen LogP contribution in [0, 0.1) is 6.92 Å². The van der Waals surface area contributed by atoms with Crippen molar-refractivity contribution in [3.05, 3.63) is 52.4 Å². The number of nitrogens with one attached hydrogen (secondary N) is 1. The van der Waals surface area contributed by atoms with Crippen molar-refractivity contribution in [2.24, 2.45) is 0 Å². The monoisotopic (exact) mass is 308 g/mol. The quantitative estimate of drug-likeness (QED) is 0.922. The molecule has 1 aromatic heterocycles. The lowest BCUT2D eigenvalue weighted by molar-refractivity contribution is 0.00314. The van der Waals surface area contributed by atoms with Crippen LogP contribution in [0.15, 0.2) is 35.0 Å². The first-order valence-electron chi connectivity index (χ1n) is 6.47. The number of nitrogens with zero attached hydrogens (tertiary/aromatic N) is 1. The van der Waals surface area contributed by atoms with Gasteiger partial charge >= 0.3 is 0 Å². The second-order valence-electron chi connectivity index (χ2n) is 4.92. The van der Waals surface area contributed by atoms with Crippen LogP contribution >= 0.6 is 11.6 Å². The summed E-state index contributed by atoms with van der Waals surface area (Å²) < 4.78 is 10.4. The van der Waals surface area contributed by atoms with Crippen molar-refractivity contribution in [2.75, 3.05) is 13.7 Å². The Balaban J connectivity index is 2.12. The normalized spacial score (nSPS) is 13.7. The van der Waals surface area contributed by atoms with Crippen molar-refractivity contribution < 1.29 is 14.1 Å². The van der Waals surface area contributed by atoms with Gasteiger partial charge in [-0.25, -0.2) is 0 Å². The molecule has 5 nitrogen and oxygen atoms in total. The molecule has 1 unspecified atom stereocenters. The van der Waals surface area contributed by atoms with Gasteiger partial charge in [-0.15, -0.1) is 0 Å². The molecule has 0 aliphatic rings. The molecule has 2 rings (SSSR count). The highest BCUT2D eigenvalue weighted by Crippen LogP contribution is 2.26. The number of halogens is 1. The van der Waals surface area contributed by atoms with Crippen LogP contribution in [-0.2, 0) is 10.3 Å². The van der Waals surface area contributed by atoms with E-state index >= 15 is 0 Å². The van der Waals surface area contributed by atoms with Gasteiger partial charge in [-0.2, -0.15) is 0 Å². The zero-order valence-corrected chi connectivity index (χ0v) is 12.9. The molecule has 1 atom stereocenters. The minimum atomic E-state index is -0.675. The third kappa shape index (κ3) is 3.43. The SMILES string of the molecule is COC(C)(CNC(=O)c1cnoc1C)c1cccc(Cl)c1. The number of hydrogen-bond acceptors (Lipinski definition) is 4. The number of rotatable bonds is 5. The Morgan fingerprint density at radius 3 is 2.86 bits per heavy atom. The van der Waals surface area contributed by atoms with E-state index in [0.717, 1.165) is 5.56 Å². The van der Waals surface area contributed by atoms with E-state index in [-0.39, 0.29) is 5.91 Å². The van der Waals surface area contributed by atoms with E-state index in [1.54, 1.807) is 20.1 Å². The minimum absolute atomic E-state index is 0.251. The molecule has 0 spiro atoms. The largest absolute Gasteiger partial charge is 0.372 e. The first-order valence-corrected chi connectivity index (χ1v) is 6.85. The number of aryl methyl sites for hydroxylation is 1. The maximum Gasteiger partial charge on any atom is 0.256 e. The van der Waals surface area contributed by atoms with Crippen LogP contribution in [0.2, 0.25) is 5.02 Å². The summed E-state index contributed by atoms with van der Waals surface area (Å²) >= 11 is 6.01. The Bertz CT molecular complexity index is 641. The Kier molecular flexibility index (Phi) is 4.65. The number of benzene rings is 1. The molecule has 0 bridgehead atoms. The number of carbonyl (C=O) groups excluding carboxylic acids is 1. The van der Waals surface area contributed by atoms with Crippen molar-refractivity contribution in [2.45, 2.75) is 19.4 Å². The van der Waals surface area contributed by atoms with Crippen LogP contribution in [0.5, 0.6) is 0 Å². The summed E-state index contributed by atoms with van der Waals surface area (Å²) in [7, 11) is 1.59. The van der Waals surface area contributed by atoms with Gasteiger partial charge < -0.3 is 14.6 Å². The predicted molar refractivity (Wildman–Crippen MR) is 79.4 cm³/mol. The number of methoxy groups -OCH3 is 1.